The van der Waals surface area contributed by atoms with Gasteiger partial charge in [-0.2, -0.15) is 0 Å². The molecule has 1 fully saturated rings. The second kappa shape index (κ2) is 9.42. The van der Waals surface area contributed by atoms with Crippen LogP contribution in [-0.2, 0) is 16.0 Å². The number of carbonyl (C=O) groups excluding carboxylic acids is 2. The Labute approximate surface area is 144 Å². The molecule has 132 valence electrons. The second-order valence-electron chi connectivity index (χ2n) is 6.62. The van der Waals surface area contributed by atoms with Gasteiger partial charge >= 0.3 is 0 Å². The Balaban J connectivity index is 1.77. The summed E-state index contributed by atoms with van der Waals surface area (Å²) >= 11 is 0. The normalized spacial score (nSPS) is 16.6. The molecule has 1 aliphatic rings. The topological polar surface area (TPSA) is 66.6 Å². The van der Waals surface area contributed by atoms with Crippen molar-refractivity contribution in [2.75, 3.05) is 26.2 Å². The molecule has 0 saturated carbocycles. The third kappa shape index (κ3) is 5.96. The highest BCUT2D eigenvalue weighted by Crippen LogP contribution is 2.10. The maximum atomic E-state index is 12.4. The number of hydrogen-bond acceptors (Lipinski definition) is 3. The fraction of sp³-hybridized carbons (Fsp3) is 0.579. The Bertz CT molecular complexity index is 531. The van der Waals surface area contributed by atoms with E-state index in [1.165, 1.54) is 5.56 Å². The molecule has 24 heavy (non-hydrogen) atoms. The molecule has 1 aromatic carbocycles. The van der Waals surface area contributed by atoms with E-state index >= 15 is 0 Å². The highest BCUT2D eigenvalue weighted by molar-refractivity contribution is 5.78. The lowest BCUT2D eigenvalue weighted by molar-refractivity contribution is -0.133. The van der Waals surface area contributed by atoms with Crippen LogP contribution in [0.15, 0.2) is 30.3 Å². The fourth-order valence-electron chi connectivity index (χ4n) is 2.98. The summed E-state index contributed by atoms with van der Waals surface area (Å²) in [5.41, 5.74) is 6.91. The van der Waals surface area contributed by atoms with Crippen LogP contribution in [0.5, 0.6) is 0 Å². The Morgan fingerprint density at radius 1 is 1.00 bits per heavy atom. The molecule has 1 saturated heterocycles. The minimum absolute atomic E-state index is 0.0528. The summed E-state index contributed by atoms with van der Waals surface area (Å²) < 4.78 is 0. The van der Waals surface area contributed by atoms with Gasteiger partial charge in [0.25, 0.3) is 0 Å². The number of amides is 2. The van der Waals surface area contributed by atoms with Gasteiger partial charge in [0.2, 0.25) is 11.8 Å². The van der Waals surface area contributed by atoms with E-state index in [0.29, 0.717) is 25.9 Å². The highest BCUT2D eigenvalue weighted by atomic mass is 16.2. The summed E-state index contributed by atoms with van der Waals surface area (Å²) in [6, 6.07) is 10.1. The maximum Gasteiger partial charge on any atom is 0.222 e. The lowest BCUT2D eigenvalue weighted by Gasteiger charge is -2.22. The highest BCUT2D eigenvalue weighted by Gasteiger charge is 2.21. The van der Waals surface area contributed by atoms with Crippen LogP contribution in [0.1, 0.15) is 38.2 Å². The number of carbonyl (C=O) groups is 2. The van der Waals surface area contributed by atoms with Gasteiger partial charge in [0.1, 0.15) is 0 Å². The summed E-state index contributed by atoms with van der Waals surface area (Å²) in [5.74, 6) is 0.342. The minimum atomic E-state index is 0.0528. The quantitative estimate of drug-likeness (QED) is 0.864. The monoisotopic (exact) mass is 331 g/mol. The molecule has 1 unspecified atom stereocenters. The number of nitrogens with two attached hydrogens (primary N) is 1. The second-order valence-corrected chi connectivity index (χ2v) is 6.62. The molecule has 5 heteroatoms. The van der Waals surface area contributed by atoms with Gasteiger partial charge in [-0.25, -0.2) is 0 Å². The number of benzene rings is 1. The third-order valence-electron chi connectivity index (χ3n) is 4.49. The first-order valence-corrected chi connectivity index (χ1v) is 8.91. The number of aryl methyl sites for hydroxylation is 1. The lowest BCUT2D eigenvalue weighted by atomic mass is 10.1. The smallest absolute Gasteiger partial charge is 0.222 e. The van der Waals surface area contributed by atoms with Crippen molar-refractivity contribution < 1.29 is 9.59 Å². The van der Waals surface area contributed by atoms with Crippen molar-refractivity contribution in [3.63, 3.8) is 0 Å². The van der Waals surface area contributed by atoms with Gasteiger partial charge in [0.05, 0.1) is 0 Å². The van der Waals surface area contributed by atoms with Crippen molar-refractivity contribution in [3.8, 4) is 0 Å². The molecule has 2 rings (SSSR count). The first-order chi connectivity index (χ1) is 11.6. The molecular weight excluding hydrogens is 302 g/mol. The van der Waals surface area contributed by atoms with E-state index in [1.807, 2.05) is 34.9 Å². The van der Waals surface area contributed by atoms with Crippen molar-refractivity contribution in [3.05, 3.63) is 35.9 Å². The van der Waals surface area contributed by atoms with Crippen molar-refractivity contribution in [1.29, 1.82) is 0 Å². The van der Waals surface area contributed by atoms with Crippen molar-refractivity contribution in [2.45, 2.75) is 45.1 Å². The summed E-state index contributed by atoms with van der Waals surface area (Å²) in [6.07, 6.45) is 3.37. The van der Waals surface area contributed by atoms with Crippen LogP contribution in [0.3, 0.4) is 0 Å². The van der Waals surface area contributed by atoms with Gasteiger partial charge in [0, 0.05) is 45.1 Å². The number of nitrogens with zero attached hydrogens (tertiary/aromatic N) is 2. The Hall–Kier alpha value is -1.88. The first kappa shape index (κ1) is 18.5. The molecule has 1 aromatic rings. The van der Waals surface area contributed by atoms with Gasteiger partial charge in [0.15, 0.2) is 0 Å². The standard InChI is InChI=1S/C19H29N3O2/c1-16(20)8-10-18(23)21-12-5-13-22(15-14-21)19(24)11-9-17-6-3-2-4-7-17/h2-4,6-7,16H,5,8-15,20H2,1H3. The van der Waals surface area contributed by atoms with E-state index in [-0.39, 0.29) is 17.9 Å². The molecule has 5 nitrogen and oxygen atoms in total. The van der Waals surface area contributed by atoms with E-state index in [2.05, 4.69) is 12.1 Å². The molecule has 0 spiro atoms. The van der Waals surface area contributed by atoms with Crippen LogP contribution in [-0.4, -0.2) is 53.8 Å². The molecule has 0 aliphatic carbocycles. The molecule has 2 N–H and O–H groups in total. The zero-order valence-corrected chi connectivity index (χ0v) is 14.6. The van der Waals surface area contributed by atoms with Crippen LogP contribution in [0.4, 0.5) is 0 Å². The zero-order valence-electron chi connectivity index (χ0n) is 14.6. The molecule has 0 aromatic heterocycles. The number of hydrogen-bond donors (Lipinski definition) is 1. The molecule has 0 radical (unpaired) electrons. The van der Waals surface area contributed by atoms with Crippen LogP contribution in [0.25, 0.3) is 0 Å². The van der Waals surface area contributed by atoms with Gasteiger partial charge in [-0.1, -0.05) is 30.3 Å². The van der Waals surface area contributed by atoms with Crippen LogP contribution >= 0.6 is 0 Å². The summed E-state index contributed by atoms with van der Waals surface area (Å²) in [7, 11) is 0. The summed E-state index contributed by atoms with van der Waals surface area (Å²) in [5, 5.41) is 0. The zero-order chi connectivity index (χ0) is 17.4. The largest absolute Gasteiger partial charge is 0.341 e. The van der Waals surface area contributed by atoms with Crippen molar-refractivity contribution in [2.24, 2.45) is 5.73 Å². The van der Waals surface area contributed by atoms with Crippen LogP contribution in [0.2, 0.25) is 0 Å². The Morgan fingerprint density at radius 3 is 2.17 bits per heavy atom. The Morgan fingerprint density at radius 2 is 1.58 bits per heavy atom. The van der Waals surface area contributed by atoms with Gasteiger partial charge in [-0.3, -0.25) is 9.59 Å². The average molecular weight is 331 g/mol. The SMILES string of the molecule is CC(N)CCC(=O)N1CCCN(C(=O)CCc2ccccc2)CC1. The molecule has 1 heterocycles. The van der Waals surface area contributed by atoms with Crippen molar-refractivity contribution >= 4 is 11.8 Å². The first-order valence-electron chi connectivity index (χ1n) is 8.91. The predicted octanol–water partition coefficient (Wildman–Crippen LogP) is 1.81. The number of rotatable bonds is 6. The molecule has 1 aliphatic heterocycles. The third-order valence-corrected chi connectivity index (χ3v) is 4.49. The van der Waals surface area contributed by atoms with E-state index in [0.717, 1.165) is 32.4 Å². The molecule has 0 bridgehead atoms. The van der Waals surface area contributed by atoms with E-state index < -0.39 is 0 Å². The molecule has 1 atom stereocenters. The molecule has 2 amide bonds. The lowest BCUT2D eigenvalue weighted by Crippen LogP contribution is -2.37. The fourth-order valence-corrected chi connectivity index (χ4v) is 2.98. The van der Waals surface area contributed by atoms with Crippen molar-refractivity contribution in [1.82, 2.24) is 9.80 Å². The van der Waals surface area contributed by atoms with Crippen LogP contribution in [0, 0.1) is 0 Å². The summed E-state index contributed by atoms with van der Waals surface area (Å²) in [4.78, 5) is 28.4. The van der Waals surface area contributed by atoms with Gasteiger partial charge < -0.3 is 15.5 Å². The van der Waals surface area contributed by atoms with E-state index in [4.69, 9.17) is 5.73 Å². The van der Waals surface area contributed by atoms with E-state index in [1.54, 1.807) is 0 Å². The predicted molar refractivity (Wildman–Crippen MR) is 95.4 cm³/mol. The van der Waals surface area contributed by atoms with E-state index in [9.17, 15) is 9.59 Å². The minimum Gasteiger partial charge on any atom is -0.341 e. The van der Waals surface area contributed by atoms with Gasteiger partial charge in [-0.05, 0) is 31.7 Å². The molecular formula is C19H29N3O2. The maximum absolute atomic E-state index is 12.4. The van der Waals surface area contributed by atoms with Gasteiger partial charge in [-0.15, -0.1) is 0 Å². The van der Waals surface area contributed by atoms with Crippen LogP contribution < -0.4 is 5.73 Å². The Kier molecular flexibility index (Phi) is 7.25. The average Bonchev–Trinajstić information content (AvgIpc) is 2.84. The summed E-state index contributed by atoms with van der Waals surface area (Å²) in [6.45, 7) is 4.67.